The Morgan fingerprint density at radius 1 is 1.48 bits per heavy atom. The third-order valence-electron chi connectivity index (χ3n) is 2.94. The van der Waals surface area contributed by atoms with Crippen molar-refractivity contribution >= 4 is 17.3 Å². The molecule has 0 saturated carbocycles. The first-order valence-electron chi connectivity index (χ1n) is 6.07. The normalized spacial score (nSPS) is 10.4. The van der Waals surface area contributed by atoms with E-state index in [2.05, 4.69) is 10.3 Å². The van der Waals surface area contributed by atoms with Gasteiger partial charge in [-0.1, -0.05) is 0 Å². The van der Waals surface area contributed by atoms with Crippen LogP contribution in [0.5, 0.6) is 0 Å². The number of hydrogen-bond acceptors (Lipinski definition) is 6. The summed E-state index contributed by atoms with van der Waals surface area (Å²) in [5.74, 6) is -0.132. The van der Waals surface area contributed by atoms with E-state index in [1.807, 2.05) is 0 Å². The topological polar surface area (TPSA) is 119 Å². The van der Waals surface area contributed by atoms with Crippen LogP contribution in [0.2, 0.25) is 0 Å². The van der Waals surface area contributed by atoms with E-state index in [0.717, 1.165) is 11.8 Å². The highest BCUT2D eigenvalue weighted by Gasteiger charge is 2.17. The smallest absolute Gasteiger partial charge is 0.335 e. The number of benzene rings is 1. The average molecular weight is 291 g/mol. The zero-order valence-electron chi connectivity index (χ0n) is 11.4. The molecule has 0 bridgehead atoms. The van der Waals surface area contributed by atoms with Gasteiger partial charge < -0.3 is 14.8 Å². The molecule has 0 radical (unpaired) electrons. The van der Waals surface area contributed by atoms with Crippen molar-refractivity contribution in [3.8, 4) is 0 Å². The number of carbonyl (C=O) groups is 1. The fourth-order valence-corrected chi connectivity index (χ4v) is 1.75. The predicted octanol–water partition coefficient (Wildman–Crippen LogP) is 2.51. The first kappa shape index (κ1) is 14.5. The Morgan fingerprint density at radius 3 is 2.71 bits per heavy atom. The molecule has 0 saturated heterocycles. The zero-order chi connectivity index (χ0) is 15.6. The summed E-state index contributed by atoms with van der Waals surface area (Å²) in [6.07, 6.45) is 0. The third-order valence-corrected chi connectivity index (χ3v) is 2.94. The van der Waals surface area contributed by atoms with Crippen LogP contribution in [0.25, 0.3) is 0 Å². The van der Waals surface area contributed by atoms with Gasteiger partial charge in [-0.3, -0.25) is 10.1 Å². The molecule has 1 aromatic heterocycles. The summed E-state index contributed by atoms with van der Waals surface area (Å²) in [6.45, 7) is 3.74. The summed E-state index contributed by atoms with van der Waals surface area (Å²) in [7, 11) is 0. The molecule has 0 fully saturated rings. The van der Waals surface area contributed by atoms with Crippen LogP contribution in [0.4, 0.5) is 11.4 Å². The van der Waals surface area contributed by atoms with Crippen molar-refractivity contribution in [2.45, 2.75) is 20.4 Å². The van der Waals surface area contributed by atoms with Gasteiger partial charge in [-0.05, 0) is 26.0 Å². The first-order chi connectivity index (χ1) is 9.88. The van der Waals surface area contributed by atoms with E-state index in [9.17, 15) is 14.9 Å². The minimum absolute atomic E-state index is 0.143. The van der Waals surface area contributed by atoms with Crippen LogP contribution < -0.4 is 5.32 Å². The fraction of sp³-hybridized carbons (Fsp3) is 0.231. The van der Waals surface area contributed by atoms with E-state index in [1.54, 1.807) is 13.8 Å². The van der Waals surface area contributed by atoms with E-state index < -0.39 is 10.9 Å². The highest BCUT2D eigenvalue weighted by molar-refractivity contribution is 5.89. The van der Waals surface area contributed by atoms with Gasteiger partial charge in [0.1, 0.15) is 11.4 Å². The highest BCUT2D eigenvalue weighted by Crippen LogP contribution is 2.26. The van der Waals surface area contributed by atoms with E-state index in [1.165, 1.54) is 12.1 Å². The number of nitrogens with one attached hydrogen (secondary N) is 1. The summed E-state index contributed by atoms with van der Waals surface area (Å²) in [5, 5.41) is 22.7. The van der Waals surface area contributed by atoms with Crippen LogP contribution in [-0.2, 0) is 6.54 Å². The van der Waals surface area contributed by atoms with Crippen molar-refractivity contribution in [1.82, 2.24) is 4.98 Å². The van der Waals surface area contributed by atoms with Crippen molar-refractivity contribution in [3.05, 3.63) is 51.2 Å². The Balaban J connectivity index is 2.23. The quantitative estimate of drug-likeness (QED) is 0.641. The van der Waals surface area contributed by atoms with Crippen molar-refractivity contribution in [1.29, 1.82) is 0 Å². The van der Waals surface area contributed by atoms with Crippen LogP contribution in [0, 0.1) is 24.0 Å². The van der Waals surface area contributed by atoms with Gasteiger partial charge in [-0.15, -0.1) is 0 Å². The lowest BCUT2D eigenvalue weighted by Gasteiger charge is -2.05. The van der Waals surface area contributed by atoms with E-state index >= 15 is 0 Å². The lowest BCUT2D eigenvalue weighted by atomic mass is 10.1. The molecule has 0 spiro atoms. The lowest BCUT2D eigenvalue weighted by Crippen LogP contribution is -2.05. The maximum absolute atomic E-state index is 11.0. The molecule has 21 heavy (non-hydrogen) atoms. The van der Waals surface area contributed by atoms with Gasteiger partial charge in [0, 0.05) is 6.07 Å². The molecule has 1 heterocycles. The molecule has 0 aliphatic rings. The standard InChI is InChI=1S/C13H13N3O5/c1-7-8(2)21-12(15-7)6-14-10-4-3-9(13(17)18)5-11(10)16(19)20/h3-5,14H,6H2,1-2H3,(H,17,18). The molecular weight excluding hydrogens is 278 g/mol. The Kier molecular flexibility index (Phi) is 3.88. The maximum atomic E-state index is 11.0. The molecule has 1 aromatic carbocycles. The summed E-state index contributed by atoms with van der Waals surface area (Å²) < 4.78 is 5.36. The van der Waals surface area contributed by atoms with Crippen LogP contribution in [0.3, 0.4) is 0 Å². The molecule has 0 aliphatic carbocycles. The van der Waals surface area contributed by atoms with Gasteiger partial charge in [0.05, 0.1) is 22.7 Å². The summed E-state index contributed by atoms with van der Waals surface area (Å²) in [5.41, 5.74) is 0.506. The fourth-order valence-electron chi connectivity index (χ4n) is 1.75. The monoisotopic (exact) mass is 291 g/mol. The number of hydrogen-bond donors (Lipinski definition) is 2. The molecule has 8 heteroatoms. The van der Waals surface area contributed by atoms with Gasteiger partial charge in [0.25, 0.3) is 5.69 Å². The second kappa shape index (κ2) is 5.61. The lowest BCUT2D eigenvalue weighted by molar-refractivity contribution is -0.384. The number of aromatic nitrogens is 1. The molecule has 0 amide bonds. The molecule has 8 nitrogen and oxygen atoms in total. The molecule has 2 N–H and O–H groups in total. The summed E-state index contributed by atoms with van der Waals surface area (Å²) in [6, 6.07) is 3.66. The van der Waals surface area contributed by atoms with Gasteiger partial charge in [0.2, 0.25) is 5.89 Å². The largest absolute Gasteiger partial charge is 0.478 e. The van der Waals surface area contributed by atoms with E-state index in [4.69, 9.17) is 9.52 Å². The third kappa shape index (κ3) is 3.16. The number of carboxylic acids is 1. The van der Waals surface area contributed by atoms with Gasteiger partial charge in [0.15, 0.2) is 0 Å². The molecule has 0 atom stereocenters. The van der Waals surface area contributed by atoms with Crippen molar-refractivity contribution in [3.63, 3.8) is 0 Å². The SMILES string of the molecule is Cc1nc(CNc2ccc(C(=O)O)cc2[N+](=O)[O-])oc1C. The number of nitro benzene ring substituents is 1. The van der Waals surface area contributed by atoms with Gasteiger partial charge >= 0.3 is 5.97 Å². The Morgan fingerprint density at radius 2 is 2.19 bits per heavy atom. The molecule has 0 unspecified atom stereocenters. The van der Waals surface area contributed by atoms with E-state index in [0.29, 0.717) is 11.7 Å². The Bertz CT molecular complexity index is 688. The number of carboxylic acid groups (broad SMARTS) is 1. The van der Waals surface area contributed by atoms with Crippen molar-refractivity contribution in [2.24, 2.45) is 0 Å². The predicted molar refractivity (Wildman–Crippen MR) is 73.4 cm³/mol. The maximum Gasteiger partial charge on any atom is 0.335 e. The molecule has 0 aliphatic heterocycles. The van der Waals surface area contributed by atoms with Crippen molar-refractivity contribution < 1.29 is 19.2 Å². The average Bonchev–Trinajstić information content (AvgIpc) is 2.75. The number of nitrogens with zero attached hydrogens (tertiary/aromatic N) is 2. The second-order valence-electron chi connectivity index (χ2n) is 4.40. The minimum Gasteiger partial charge on any atom is -0.478 e. The molecular formula is C13H13N3O5. The summed E-state index contributed by atoms with van der Waals surface area (Å²) in [4.78, 5) is 25.4. The highest BCUT2D eigenvalue weighted by atomic mass is 16.6. The second-order valence-corrected chi connectivity index (χ2v) is 4.40. The van der Waals surface area contributed by atoms with Crippen LogP contribution in [0.15, 0.2) is 22.6 Å². The minimum atomic E-state index is -1.22. The Hall–Kier alpha value is -2.90. The van der Waals surface area contributed by atoms with Crippen LogP contribution >= 0.6 is 0 Å². The van der Waals surface area contributed by atoms with Crippen LogP contribution in [0.1, 0.15) is 27.7 Å². The number of nitro groups is 1. The van der Waals surface area contributed by atoms with Crippen LogP contribution in [-0.4, -0.2) is 21.0 Å². The van der Waals surface area contributed by atoms with Gasteiger partial charge in [-0.25, -0.2) is 9.78 Å². The number of oxazole rings is 1. The zero-order valence-corrected chi connectivity index (χ0v) is 11.4. The number of anilines is 1. The number of aryl methyl sites for hydroxylation is 2. The first-order valence-corrected chi connectivity index (χ1v) is 6.07. The number of rotatable bonds is 5. The molecule has 110 valence electrons. The van der Waals surface area contributed by atoms with Gasteiger partial charge in [-0.2, -0.15) is 0 Å². The Labute approximate surface area is 119 Å². The van der Waals surface area contributed by atoms with Crippen molar-refractivity contribution in [2.75, 3.05) is 5.32 Å². The number of aromatic carboxylic acids is 1. The summed E-state index contributed by atoms with van der Waals surface area (Å²) >= 11 is 0. The molecule has 2 aromatic rings. The molecule has 2 rings (SSSR count). The van der Waals surface area contributed by atoms with E-state index in [-0.39, 0.29) is 23.5 Å².